The minimum absolute atomic E-state index is 0.171. The molecule has 0 aliphatic carbocycles. The first-order chi connectivity index (χ1) is 13.7. The van der Waals surface area contributed by atoms with Crippen LogP contribution in [-0.2, 0) is 0 Å². The molecule has 3 aromatic heterocycles. The smallest absolute Gasteiger partial charge is 0.273 e. The number of hydrogen-bond acceptors (Lipinski definition) is 6. The quantitative estimate of drug-likeness (QED) is 0.748. The summed E-state index contributed by atoms with van der Waals surface area (Å²) < 4.78 is 5.29. The third kappa shape index (κ3) is 3.36. The van der Waals surface area contributed by atoms with E-state index in [1.807, 2.05) is 0 Å². The topological polar surface area (TPSA) is 101 Å². The summed E-state index contributed by atoms with van der Waals surface area (Å²) in [7, 11) is 1.52. The van der Waals surface area contributed by atoms with Crippen LogP contribution < -0.4 is 10.3 Å². The Morgan fingerprint density at radius 1 is 1.21 bits per heavy atom. The number of carbonyl (C=O) groups is 1. The lowest BCUT2D eigenvalue weighted by Gasteiger charge is -2.24. The normalized spacial score (nSPS) is 16.2. The lowest BCUT2D eigenvalue weighted by atomic mass is 10.1. The highest BCUT2D eigenvalue weighted by atomic mass is 16.5. The molecule has 1 N–H and O–H groups in total. The highest BCUT2D eigenvalue weighted by molar-refractivity contribution is 5.92. The average molecular weight is 377 g/mol. The van der Waals surface area contributed by atoms with Crippen molar-refractivity contribution >= 4 is 5.91 Å². The van der Waals surface area contributed by atoms with E-state index in [9.17, 15) is 9.59 Å². The summed E-state index contributed by atoms with van der Waals surface area (Å²) in [5.74, 6) is 0.671. The number of amides is 1. The van der Waals surface area contributed by atoms with E-state index in [-0.39, 0.29) is 17.5 Å². The molecular formula is C20H19N5O3. The molecule has 0 spiro atoms. The zero-order valence-corrected chi connectivity index (χ0v) is 15.3. The molecule has 0 unspecified atom stereocenters. The Labute approximate surface area is 161 Å². The number of nitrogens with zero attached hydrogens (tertiary/aromatic N) is 4. The van der Waals surface area contributed by atoms with E-state index < -0.39 is 0 Å². The number of hydrogen-bond donors (Lipinski definition) is 1. The minimum atomic E-state index is -0.315. The molecule has 1 amide bonds. The molecule has 0 saturated carbocycles. The van der Waals surface area contributed by atoms with Crippen molar-refractivity contribution in [2.24, 2.45) is 0 Å². The van der Waals surface area contributed by atoms with Gasteiger partial charge in [-0.3, -0.25) is 14.6 Å². The maximum Gasteiger partial charge on any atom is 0.273 e. The molecule has 8 heteroatoms. The third-order valence-electron chi connectivity index (χ3n) is 4.71. The molecule has 4 rings (SSSR count). The van der Waals surface area contributed by atoms with E-state index in [1.165, 1.54) is 13.2 Å². The maximum absolute atomic E-state index is 12.9. The average Bonchev–Trinajstić information content (AvgIpc) is 3.23. The van der Waals surface area contributed by atoms with Crippen LogP contribution in [-0.4, -0.2) is 44.4 Å². The molecule has 142 valence electrons. The van der Waals surface area contributed by atoms with E-state index in [2.05, 4.69) is 19.9 Å². The van der Waals surface area contributed by atoms with Gasteiger partial charge in [-0.1, -0.05) is 6.07 Å². The molecule has 3 aromatic rings. The predicted molar refractivity (Wildman–Crippen MR) is 102 cm³/mol. The summed E-state index contributed by atoms with van der Waals surface area (Å²) in [5.41, 5.74) is 1.17. The Morgan fingerprint density at radius 2 is 2.07 bits per heavy atom. The first-order valence-corrected chi connectivity index (χ1v) is 9.00. The number of methoxy groups -OCH3 is 1. The lowest BCUT2D eigenvalue weighted by molar-refractivity contribution is 0.0723. The van der Waals surface area contributed by atoms with Crippen LogP contribution in [0.1, 0.15) is 35.2 Å². The summed E-state index contributed by atoms with van der Waals surface area (Å²) >= 11 is 0. The van der Waals surface area contributed by atoms with Gasteiger partial charge in [0.15, 0.2) is 0 Å². The van der Waals surface area contributed by atoms with Crippen LogP contribution in [0.25, 0.3) is 11.3 Å². The van der Waals surface area contributed by atoms with Gasteiger partial charge in [-0.25, -0.2) is 9.97 Å². The van der Waals surface area contributed by atoms with Crippen LogP contribution in [0, 0.1) is 0 Å². The monoisotopic (exact) mass is 377 g/mol. The maximum atomic E-state index is 12.9. The molecule has 0 bridgehead atoms. The molecule has 1 atom stereocenters. The van der Waals surface area contributed by atoms with Gasteiger partial charge in [0.2, 0.25) is 5.88 Å². The van der Waals surface area contributed by atoms with Gasteiger partial charge in [0.05, 0.1) is 24.4 Å². The zero-order chi connectivity index (χ0) is 19.5. The number of nitrogens with one attached hydrogen (secondary N) is 1. The van der Waals surface area contributed by atoms with Gasteiger partial charge in [-0.05, 0) is 37.1 Å². The number of ether oxygens (including phenoxy) is 1. The van der Waals surface area contributed by atoms with Crippen molar-refractivity contribution in [3.05, 3.63) is 70.7 Å². The minimum Gasteiger partial charge on any atom is -0.481 e. The van der Waals surface area contributed by atoms with Gasteiger partial charge < -0.3 is 14.6 Å². The van der Waals surface area contributed by atoms with Gasteiger partial charge in [-0.2, -0.15) is 0 Å². The number of rotatable bonds is 4. The number of pyridine rings is 2. The highest BCUT2D eigenvalue weighted by Gasteiger charge is 2.33. The molecule has 1 fully saturated rings. The summed E-state index contributed by atoms with van der Waals surface area (Å²) in [6.07, 6.45) is 4.75. The van der Waals surface area contributed by atoms with Crippen molar-refractivity contribution in [3.8, 4) is 17.1 Å². The number of likely N-dealkylation sites (tertiary alicyclic amines) is 1. The van der Waals surface area contributed by atoms with Crippen molar-refractivity contribution in [2.45, 2.75) is 18.9 Å². The third-order valence-corrected chi connectivity index (χ3v) is 4.71. The van der Waals surface area contributed by atoms with Crippen LogP contribution in [0.3, 0.4) is 0 Å². The standard InChI is InChI=1S/C20H19N5O3/c1-28-19-13(6-4-10-22-19)15-12-17(26)24-18(23-15)16-8-5-11-25(16)20(27)14-7-2-3-9-21-14/h2-4,6-7,9-10,12,16H,5,8,11H2,1H3,(H,23,24,26)/t16-/m0/s1. The first kappa shape index (κ1) is 17.8. The van der Waals surface area contributed by atoms with Crippen molar-refractivity contribution in [1.29, 1.82) is 0 Å². The SMILES string of the molecule is COc1ncccc1-c1cc(=O)[nH]c([C@@H]2CCCN2C(=O)c2ccccn2)n1. The Kier molecular flexibility index (Phi) is 4.84. The molecule has 0 radical (unpaired) electrons. The molecule has 8 nitrogen and oxygen atoms in total. The van der Waals surface area contributed by atoms with Crippen LogP contribution >= 0.6 is 0 Å². The van der Waals surface area contributed by atoms with E-state index in [0.717, 1.165) is 12.8 Å². The predicted octanol–water partition coefficient (Wildman–Crippen LogP) is 2.21. The summed E-state index contributed by atoms with van der Waals surface area (Å²) in [4.78, 5) is 42.6. The van der Waals surface area contributed by atoms with Crippen LogP contribution in [0.2, 0.25) is 0 Å². The summed E-state index contributed by atoms with van der Waals surface area (Å²) in [6.45, 7) is 0.588. The second-order valence-corrected chi connectivity index (χ2v) is 6.45. The Balaban J connectivity index is 1.72. The van der Waals surface area contributed by atoms with Crippen molar-refractivity contribution in [1.82, 2.24) is 24.8 Å². The zero-order valence-electron chi connectivity index (χ0n) is 15.3. The van der Waals surface area contributed by atoms with E-state index >= 15 is 0 Å². The van der Waals surface area contributed by atoms with Crippen LogP contribution in [0.15, 0.2) is 53.6 Å². The van der Waals surface area contributed by atoms with E-state index in [0.29, 0.717) is 35.2 Å². The van der Waals surface area contributed by atoms with Gasteiger partial charge >= 0.3 is 0 Å². The molecular weight excluding hydrogens is 358 g/mol. The van der Waals surface area contributed by atoms with E-state index in [1.54, 1.807) is 47.6 Å². The largest absolute Gasteiger partial charge is 0.481 e. The van der Waals surface area contributed by atoms with Gasteiger partial charge in [0.25, 0.3) is 11.5 Å². The van der Waals surface area contributed by atoms with Gasteiger partial charge in [-0.15, -0.1) is 0 Å². The highest BCUT2D eigenvalue weighted by Crippen LogP contribution is 2.32. The Morgan fingerprint density at radius 3 is 2.86 bits per heavy atom. The second-order valence-electron chi connectivity index (χ2n) is 6.45. The number of aromatic nitrogens is 4. The fourth-order valence-electron chi connectivity index (χ4n) is 3.45. The lowest BCUT2D eigenvalue weighted by Crippen LogP contribution is -2.33. The first-order valence-electron chi connectivity index (χ1n) is 9.00. The molecule has 1 aliphatic rings. The van der Waals surface area contributed by atoms with Crippen molar-refractivity contribution < 1.29 is 9.53 Å². The summed E-state index contributed by atoms with van der Waals surface area (Å²) in [6, 6.07) is 9.87. The molecule has 0 aromatic carbocycles. The van der Waals surface area contributed by atoms with Crippen LogP contribution in [0.5, 0.6) is 5.88 Å². The van der Waals surface area contributed by atoms with Crippen LogP contribution in [0.4, 0.5) is 0 Å². The molecule has 1 aliphatic heterocycles. The Bertz CT molecular complexity index is 1050. The Hall–Kier alpha value is -3.55. The van der Waals surface area contributed by atoms with Gasteiger partial charge in [0.1, 0.15) is 11.5 Å². The molecule has 1 saturated heterocycles. The number of carbonyl (C=O) groups excluding carboxylic acids is 1. The molecule has 4 heterocycles. The van der Waals surface area contributed by atoms with Crippen molar-refractivity contribution in [2.75, 3.05) is 13.7 Å². The van der Waals surface area contributed by atoms with Crippen molar-refractivity contribution in [3.63, 3.8) is 0 Å². The van der Waals surface area contributed by atoms with Gasteiger partial charge in [0, 0.05) is 25.0 Å². The fourth-order valence-corrected chi connectivity index (χ4v) is 3.45. The number of aromatic amines is 1. The molecule has 28 heavy (non-hydrogen) atoms. The fraction of sp³-hybridized carbons (Fsp3) is 0.250. The number of H-pyrrole nitrogens is 1. The summed E-state index contributed by atoms with van der Waals surface area (Å²) in [5, 5.41) is 0. The second kappa shape index (κ2) is 7.59. The van der Waals surface area contributed by atoms with E-state index in [4.69, 9.17) is 4.74 Å².